The normalized spacial score (nSPS) is 15.8. The van der Waals surface area contributed by atoms with Crippen molar-refractivity contribution >= 4 is 11.8 Å². The molecule has 0 nitrogen and oxygen atoms in total. The maximum atomic E-state index is 2.47. The molecule has 1 heteroatoms. The first-order chi connectivity index (χ1) is 11.0. The molecule has 0 aromatic heterocycles. The Kier molecular flexibility index (Phi) is 16.1. The van der Waals surface area contributed by atoms with Crippen molar-refractivity contribution in [2.45, 2.75) is 106 Å². The Morgan fingerprint density at radius 1 is 0.565 bits per heavy atom. The van der Waals surface area contributed by atoms with Crippen LogP contribution in [0.4, 0.5) is 0 Å². The van der Waals surface area contributed by atoms with E-state index in [4.69, 9.17) is 0 Å². The van der Waals surface area contributed by atoms with Crippen LogP contribution in [0.2, 0.25) is 0 Å². The first kappa shape index (κ1) is 23.4. The molecule has 0 radical (unpaired) electrons. The van der Waals surface area contributed by atoms with Gasteiger partial charge in [-0.25, -0.2) is 0 Å². The monoisotopic (exact) mass is 342 g/mol. The van der Waals surface area contributed by atoms with E-state index in [-0.39, 0.29) is 0 Å². The second-order valence-corrected chi connectivity index (χ2v) is 9.88. The average molecular weight is 343 g/mol. The van der Waals surface area contributed by atoms with E-state index in [9.17, 15) is 0 Å². The van der Waals surface area contributed by atoms with Crippen molar-refractivity contribution in [3.63, 3.8) is 0 Å². The summed E-state index contributed by atoms with van der Waals surface area (Å²) in [5.74, 6) is 6.33. The van der Waals surface area contributed by atoms with Crippen LogP contribution in [0.5, 0.6) is 0 Å². The first-order valence-corrected chi connectivity index (χ1v) is 11.7. The van der Waals surface area contributed by atoms with Gasteiger partial charge in [-0.2, -0.15) is 11.8 Å². The van der Waals surface area contributed by atoms with Crippen LogP contribution in [0, 0.1) is 23.7 Å². The Morgan fingerprint density at radius 2 is 0.957 bits per heavy atom. The molecule has 3 unspecified atom stereocenters. The molecule has 0 aliphatic carbocycles. The van der Waals surface area contributed by atoms with Gasteiger partial charge in [-0.1, -0.05) is 99.3 Å². The Bertz CT molecular complexity index is 236. The Labute approximate surface area is 153 Å². The molecule has 0 aliphatic heterocycles. The quantitative estimate of drug-likeness (QED) is 0.255. The molecule has 0 aliphatic rings. The summed E-state index contributed by atoms with van der Waals surface area (Å²) in [6.45, 7) is 14.3. The highest BCUT2D eigenvalue weighted by Crippen LogP contribution is 2.23. The smallest absolute Gasteiger partial charge is 0.00651 e. The van der Waals surface area contributed by atoms with Gasteiger partial charge in [0, 0.05) is 0 Å². The van der Waals surface area contributed by atoms with Gasteiger partial charge >= 0.3 is 0 Å². The zero-order valence-corrected chi connectivity index (χ0v) is 18.0. The predicted molar refractivity (Wildman–Crippen MR) is 111 cm³/mol. The average Bonchev–Trinajstić information content (AvgIpc) is 2.47. The molecule has 0 heterocycles. The van der Waals surface area contributed by atoms with Gasteiger partial charge in [0.25, 0.3) is 0 Å². The minimum atomic E-state index is 0.880. The molecule has 140 valence electrons. The summed E-state index contributed by atoms with van der Waals surface area (Å²) >= 11 is 2.10. The third-order valence-electron chi connectivity index (χ3n) is 5.23. The fraction of sp³-hybridized carbons (Fsp3) is 1.00. The number of rotatable bonds is 16. The van der Waals surface area contributed by atoms with Gasteiger partial charge in [-0.05, 0) is 41.6 Å². The van der Waals surface area contributed by atoms with Gasteiger partial charge in [0.15, 0.2) is 0 Å². The molecule has 0 aromatic rings. The van der Waals surface area contributed by atoms with E-state index in [1.165, 1.54) is 75.7 Å². The third kappa shape index (κ3) is 17.0. The number of hydrogen-bond donors (Lipinski definition) is 0. The molecule has 23 heavy (non-hydrogen) atoms. The van der Waals surface area contributed by atoms with E-state index in [0.717, 1.165) is 23.7 Å². The zero-order valence-electron chi connectivity index (χ0n) is 17.2. The van der Waals surface area contributed by atoms with E-state index < -0.39 is 0 Å². The highest BCUT2D eigenvalue weighted by Gasteiger charge is 2.08. The maximum Gasteiger partial charge on any atom is -0.00651 e. The van der Waals surface area contributed by atoms with Crippen molar-refractivity contribution in [2.75, 3.05) is 11.5 Å². The molecule has 0 N–H and O–H groups in total. The van der Waals surface area contributed by atoms with Crippen LogP contribution in [0.15, 0.2) is 0 Å². The van der Waals surface area contributed by atoms with E-state index >= 15 is 0 Å². The van der Waals surface area contributed by atoms with Crippen molar-refractivity contribution < 1.29 is 0 Å². The first-order valence-electron chi connectivity index (χ1n) is 10.5. The summed E-state index contributed by atoms with van der Waals surface area (Å²) in [6.07, 6.45) is 14.4. The fourth-order valence-electron chi connectivity index (χ4n) is 3.37. The molecule has 0 rings (SSSR count). The third-order valence-corrected chi connectivity index (χ3v) is 6.16. The fourth-order valence-corrected chi connectivity index (χ4v) is 4.22. The lowest BCUT2D eigenvalue weighted by Crippen LogP contribution is -2.02. The molecule has 0 bridgehead atoms. The Balaban J connectivity index is 3.47. The highest BCUT2D eigenvalue weighted by atomic mass is 32.2. The minimum Gasteiger partial charge on any atom is -0.162 e. The standard InChI is InChI=1S/C22H46S/c1-7-23-18-17-22(6)16-10-15-21(5)14-9-13-20(4)12-8-11-19(2)3/h19-22H,7-18H2,1-6H3. The van der Waals surface area contributed by atoms with Gasteiger partial charge in [0.1, 0.15) is 0 Å². The number of hydrogen-bond acceptors (Lipinski definition) is 1. The predicted octanol–water partition coefficient (Wildman–Crippen LogP) is 8.20. The molecule has 0 fully saturated rings. The van der Waals surface area contributed by atoms with E-state index in [1.807, 2.05) is 0 Å². The van der Waals surface area contributed by atoms with Crippen LogP contribution in [0.3, 0.4) is 0 Å². The largest absolute Gasteiger partial charge is 0.162 e. The Hall–Kier alpha value is 0.350. The van der Waals surface area contributed by atoms with Crippen LogP contribution in [0.1, 0.15) is 106 Å². The van der Waals surface area contributed by atoms with Gasteiger partial charge in [0.2, 0.25) is 0 Å². The summed E-state index contributed by atoms with van der Waals surface area (Å²) in [4.78, 5) is 0. The lowest BCUT2D eigenvalue weighted by atomic mass is 9.91. The van der Waals surface area contributed by atoms with Crippen LogP contribution in [0.25, 0.3) is 0 Å². The van der Waals surface area contributed by atoms with E-state index in [0.29, 0.717) is 0 Å². The highest BCUT2D eigenvalue weighted by molar-refractivity contribution is 7.99. The maximum absolute atomic E-state index is 2.47. The van der Waals surface area contributed by atoms with Gasteiger partial charge in [0.05, 0.1) is 0 Å². The van der Waals surface area contributed by atoms with Crippen molar-refractivity contribution in [1.82, 2.24) is 0 Å². The summed E-state index contributed by atoms with van der Waals surface area (Å²) in [5, 5.41) is 0. The van der Waals surface area contributed by atoms with Crippen molar-refractivity contribution in [1.29, 1.82) is 0 Å². The lowest BCUT2D eigenvalue weighted by Gasteiger charge is -2.16. The van der Waals surface area contributed by atoms with Gasteiger partial charge in [-0.15, -0.1) is 0 Å². The van der Waals surface area contributed by atoms with Gasteiger partial charge < -0.3 is 0 Å². The summed E-state index contributed by atoms with van der Waals surface area (Å²) in [5.41, 5.74) is 0. The van der Waals surface area contributed by atoms with Crippen molar-refractivity contribution in [3.8, 4) is 0 Å². The molecule has 0 spiro atoms. The van der Waals surface area contributed by atoms with Gasteiger partial charge in [-0.3, -0.25) is 0 Å². The molecule has 0 aromatic carbocycles. The Morgan fingerprint density at radius 3 is 1.35 bits per heavy atom. The summed E-state index contributed by atoms with van der Waals surface area (Å²) in [6, 6.07) is 0. The molecule has 3 atom stereocenters. The molecular weight excluding hydrogens is 296 g/mol. The number of thioether (sulfide) groups is 1. The summed E-state index contributed by atoms with van der Waals surface area (Å²) in [7, 11) is 0. The SMILES string of the molecule is CCSCCC(C)CCCC(C)CCCC(C)CCCC(C)C. The van der Waals surface area contributed by atoms with Crippen molar-refractivity contribution in [3.05, 3.63) is 0 Å². The lowest BCUT2D eigenvalue weighted by molar-refractivity contribution is 0.377. The van der Waals surface area contributed by atoms with E-state index in [2.05, 4.69) is 53.3 Å². The minimum absolute atomic E-state index is 0.880. The zero-order chi connectivity index (χ0) is 17.5. The molecule has 0 saturated heterocycles. The molecule has 0 saturated carbocycles. The van der Waals surface area contributed by atoms with Crippen LogP contribution in [-0.4, -0.2) is 11.5 Å². The topological polar surface area (TPSA) is 0 Å². The van der Waals surface area contributed by atoms with Crippen molar-refractivity contribution in [2.24, 2.45) is 23.7 Å². The van der Waals surface area contributed by atoms with Crippen LogP contribution < -0.4 is 0 Å². The summed E-state index contributed by atoms with van der Waals surface area (Å²) < 4.78 is 0. The van der Waals surface area contributed by atoms with E-state index in [1.54, 1.807) is 0 Å². The second kappa shape index (κ2) is 15.9. The van der Waals surface area contributed by atoms with Crippen LogP contribution in [-0.2, 0) is 0 Å². The van der Waals surface area contributed by atoms with Crippen LogP contribution >= 0.6 is 11.8 Å². The second-order valence-electron chi connectivity index (χ2n) is 8.49. The molecule has 0 amide bonds. The molecular formula is C22H46S.